The number of amidine groups is 1. The second kappa shape index (κ2) is 9.75. The van der Waals surface area contributed by atoms with E-state index in [1.54, 1.807) is 4.90 Å². The van der Waals surface area contributed by atoms with Crippen LogP contribution in [0.5, 0.6) is 0 Å². The van der Waals surface area contributed by atoms with E-state index in [1.807, 2.05) is 26.0 Å². The zero-order chi connectivity index (χ0) is 17.3. The van der Waals surface area contributed by atoms with E-state index in [0.717, 1.165) is 13.0 Å². The molecule has 0 aromatic carbocycles. The molecule has 0 aromatic heterocycles. The summed E-state index contributed by atoms with van der Waals surface area (Å²) in [6, 6.07) is 0. The third-order valence-electron chi connectivity index (χ3n) is 4.91. The first kappa shape index (κ1) is 19.7. The molecule has 0 aromatic rings. The Morgan fingerprint density at radius 2 is 1.74 bits per heavy atom. The highest BCUT2D eigenvalue weighted by atomic mass is 15.3. The van der Waals surface area contributed by atoms with Crippen molar-refractivity contribution in [2.75, 3.05) is 60.9 Å². The number of hydrogen-bond donors (Lipinski definition) is 2. The molecule has 1 rings (SSSR count). The maximum Gasteiger partial charge on any atom is 0.191 e. The van der Waals surface area contributed by atoms with E-state index in [1.165, 1.54) is 56.2 Å². The van der Waals surface area contributed by atoms with Crippen LogP contribution in [0.2, 0.25) is 0 Å². The molecule has 0 saturated carbocycles. The van der Waals surface area contributed by atoms with Gasteiger partial charge in [-0.25, -0.2) is 4.99 Å². The van der Waals surface area contributed by atoms with Gasteiger partial charge in [0, 0.05) is 27.7 Å². The van der Waals surface area contributed by atoms with Gasteiger partial charge in [0.15, 0.2) is 5.96 Å². The van der Waals surface area contributed by atoms with E-state index in [9.17, 15) is 0 Å². The van der Waals surface area contributed by atoms with Crippen molar-refractivity contribution >= 4 is 11.8 Å². The Bertz CT molecular complexity index is 385. The lowest BCUT2D eigenvalue weighted by molar-refractivity contribution is -0.914. The zero-order valence-electron chi connectivity index (χ0n) is 15.6. The Labute approximate surface area is 142 Å². The zero-order valence-corrected chi connectivity index (χ0v) is 15.6. The van der Waals surface area contributed by atoms with E-state index >= 15 is 0 Å². The van der Waals surface area contributed by atoms with Gasteiger partial charge in [0.2, 0.25) is 0 Å². The summed E-state index contributed by atoms with van der Waals surface area (Å²) in [6.07, 6.45) is 7.91. The van der Waals surface area contributed by atoms with Crippen LogP contribution in [-0.2, 0) is 0 Å². The van der Waals surface area contributed by atoms with E-state index in [-0.39, 0.29) is 0 Å². The van der Waals surface area contributed by atoms with Gasteiger partial charge in [0.05, 0.1) is 33.2 Å². The minimum atomic E-state index is 0.346. The van der Waals surface area contributed by atoms with Crippen LogP contribution < -0.4 is 5.73 Å². The van der Waals surface area contributed by atoms with E-state index in [2.05, 4.69) is 12.0 Å². The predicted octanol–water partition coefficient (Wildman–Crippen LogP) is 1.57. The van der Waals surface area contributed by atoms with Gasteiger partial charge < -0.3 is 20.0 Å². The number of likely N-dealkylation sites (tertiary alicyclic amines) is 1. The third-order valence-corrected chi connectivity index (χ3v) is 4.91. The highest BCUT2D eigenvalue weighted by molar-refractivity contribution is 5.85. The van der Waals surface area contributed by atoms with E-state index in [0.29, 0.717) is 18.3 Å². The summed E-state index contributed by atoms with van der Waals surface area (Å²) in [5.74, 6) is 1.01. The average molecular weight is 326 g/mol. The number of hydrogen-bond acceptors (Lipinski definition) is 2. The van der Waals surface area contributed by atoms with Crippen molar-refractivity contribution in [3.05, 3.63) is 0 Å². The quantitative estimate of drug-likeness (QED) is 0.308. The molecule has 3 N–H and O–H groups in total. The highest BCUT2D eigenvalue weighted by Gasteiger charge is 2.23. The van der Waals surface area contributed by atoms with Crippen molar-refractivity contribution in [3.8, 4) is 0 Å². The minimum Gasteiger partial charge on any atom is -0.370 e. The molecule has 23 heavy (non-hydrogen) atoms. The van der Waals surface area contributed by atoms with Crippen LogP contribution in [0.4, 0.5) is 0 Å². The predicted molar refractivity (Wildman–Crippen MR) is 99.0 cm³/mol. The molecule has 134 valence electrons. The summed E-state index contributed by atoms with van der Waals surface area (Å²) in [4.78, 5) is 8.03. The first-order valence-corrected chi connectivity index (χ1v) is 8.93. The Hall–Kier alpha value is -1.30. The van der Waals surface area contributed by atoms with Crippen molar-refractivity contribution in [1.82, 2.24) is 9.80 Å². The maximum absolute atomic E-state index is 7.73. The SMILES string of the molecule is CN(C)C(=N)CN=C(N)N(C)CCCCC[N+]1(C)CCCCC1. The molecule has 6 heteroatoms. The van der Waals surface area contributed by atoms with Gasteiger partial charge in [-0.3, -0.25) is 5.41 Å². The highest BCUT2D eigenvalue weighted by Crippen LogP contribution is 2.17. The van der Waals surface area contributed by atoms with Gasteiger partial charge >= 0.3 is 0 Å². The molecular formula is C17H37N6+. The van der Waals surface area contributed by atoms with Gasteiger partial charge in [-0.05, 0) is 38.5 Å². The number of piperidine rings is 1. The molecule has 6 nitrogen and oxygen atoms in total. The smallest absolute Gasteiger partial charge is 0.191 e. The number of quaternary nitrogens is 1. The molecule has 1 aliphatic rings. The number of nitrogens with one attached hydrogen (secondary N) is 1. The van der Waals surface area contributed by atoms with Gasteiger partial charge in [-0.15, -0.1) is 0 Å². The summed E-state index contributed by atoms with van der Waals surface area (Å²) in [5.41, 5.74) is 5.98. The standard InChI is InChI=1S/C17H37N6/c1-21(2)16(18)15-20-17(19)22(3)11-7-5-8-12-23(4)13-9-6-10-14-23/h18H,5-15H2,1-4H3,(H2,19,20)/q+1. The maximum atomic E-state index is 7.73. The Morgan fingerprint density at radius 1 is 1.09 bits per heavy atom. The lowest BCUT2D eigenvalue weighted by Crippen LogP contribution is -2.48. The number of likely N-dealkylation sites (N-methyl/N-ethyl adjacent to an activating group) is 1. The van der Waals surface area contributed by atoms with Crippen LogP contribution in [0.3, 0.4) is 0 Å². The lowest BCUT2D eigenvalue weighted by Gasteiger charge is -2.38. The van der Waals surface area contributed by atoms with Gasteiger partial charge in [-0.1, -0.05) is 0 Å². The van der Waals surface area contributed by atoms with Crippen LogP contribution in [0.1, 0.15) is 38.5 Å². The van der Waals surface area contributed by atoms with Crippen molar-refractivity contribution in [2.24, 2.45) is 10.7 Å². The number of rotatable bonds is 8. The number of aliphatic imine (C=N–C) groups is 1. The molecule has 0 atom stereocenters. The molecule has 0 unspecified atom stereocenters. The fourth-order valence-corrected chi connectivity index (χ4v) is 3.05. The van der Waals surface area contributed by atoms with Crippen LogP contribution in [0, 0.1) is 5.41 Å². The third kappa shape index (κ3) is 7.68. The Kier molecular flexibility index (Phi) is 8.37. The minimum absolute atomic E-state index is 0.346. The van der Waals surface area contributed by atoms with Gasteiger partial charge in [0.25, 0.3) is 0 Å². The van der Waals surface area contributed by atoms with E-state index < -0.39 is 0 Å². The molecule has 0 aliphatic carbocycles. The Morgan fingerprint density at radius 3 is 2.35 bits per heavy atom. The largest absolute Gasteiger partial charge is 0.370 e. The number of nitrogens with two attached hydrogens (primary N) is 1. The van der Waals surface area contributed by atoms with Crippen LogP contribution >= 0.6 is 0 Å². The summed E-state index contributed by atoms with van der Waals surface area (Å²) in [5, 5.41) is 7.73. The van der Waals surface area contributed by atoms with Crippen molar-refractivity contribution in [2.45, 2.75) is 38.5 Å². The first-order chi connectivity index (χ1) is 10.8. The fraction of sp³-hybridized carbons (Fsp3) is 0.882. The van der Waals surface area contributed by atoms with Gasteiger partial charge in [0.1, 0.15) is 5.84 Å². The number of unbranched alkanes of at least 4 members (excludes halogenated alkanes) is 2. The topological polar surface area (TPSA) is 68.7 Å². The monoisotopic (exact) mass is 325 g/mol. The Balaban J connectivity index is 2.16. The molecule has 0 radical (unpaired) electrons. The molecule has 0 spiro atoms. The molecule has 0 amide bonds. The number of guanidine groups is 1. The number of nitrogens with zero attached hydrogens (tertiary/aromatic N) is 4. The second-order valence-corrected chi connectivity index (χ2v) is 7.35. The normalized spacial score (nSPS) is 17.8. The summed E-state index contributed by atoms with van der Waals surface area (Å²) in [6.45, 7) is 5.31. The summed E-state index contributed by atoms with van der Waals surface area (Å²) in [7, 11) is 8.10. The fourth-order valence-electron chi connectivity index (χ4n) is 3.05. The average Bonchev–Trinajstić information content (AvgIpc) is 2.52. The summed E-state index contributed by atoms with van der Waals surface area (Å²) >= 11 is 0. The molecule has 1 saturated heterocycles. The first-order valence-electron chi connectivity index (χ1n) is 8.93. The van der Waals surface area contributed by atoms with Crippen LogP contribution in [0.25, 0.3) is 0 Å². The molecular weight excluding hydrogens is 288 g/mol. The summed E-state index contributed by atoms with van der Waals surface area (Å²) < 4.78 is 1.27. The second-order valence-electron chi connectivity index (χ2n) is 7.35. The van der Waals surface area contributed by atoms with Crippen molar-refractivity contribution in [1.29, 1.82) is 5.41 Å². The van der Waals surface area contributed by atoms with Crippen molar-refractivity contribution < 1.29 is 4.48 Å². The molecule has 1 heterocycles. The lowest BCUT2D eigenvalue weighted by atomic mass is 10.1. The molecule has 1 aliphatic heterocycles. The van der Waals surface area contributed by atoms with Gasteiger partial charge in [-0.2, -0.15) is 0 Å². The molecule has 0 bridgehead atoms. The van der Waals surface area contributed by atoms with Crippen molar-refractivity contribution in [3.63, 3.8) is 0 Å². The van der Waals surface area contributed by atoms with Crippen LogP contribution in [-0.4, -0.2) is 87.0 Å². The van der Waals surface area contributed by atoms with E-state index in [4.69, 9.17) is 11.1 Å². The molecule has 1 fully saturated rings. The van der Waals surface area contributed by atoms with Crippen LogP contribution in [0.15, 0.2) is 4.99 Å².